The van der Waals surface area contributed by atoms with Crippen LogP contribution in [0.15, 0.2) is 36.5 Å². The Bertz CT molecular complexity index is 799. The zero-order valence-corrected chi connectivity index (χ0v) is 14.8. The number of aromatic nitrogens is 1. The van der Waals surface area contributed by atoms with Gasteiger partial charge in [0.1, 0.15) is 11.9 Å². The van der Waals surface area contributed by atoms with Gasteiger partial charge >= 0.3 is 0 Å². The fourth-order valence-corrected chi connectivity index (χ4v) is 2.37. The Kier molecular flexibility index (Phi) is 7.18. The molecule has 0 spiro atoms. The molecule has 0 aliphatic carbocycles. The van der Waals surface area contributed by atoms with Crippen molar-refractivity contribution in [2.45, 2.75) is 19.0 Å². The van der Waals surface area contributed by atoms with Gasteiger partial charge in [0.2, 0.25) is 11.8 Å². The number of carbonyl (C=O) groups is 2. The van der Waals surface area contributed by atoms with Crippen LogP contribution in [0, 0.1) is 11.6 Å². The summed E-state index contributed by atoms with van der Waals surface area (Å²) in [6, 6.07) is 5.73. The highest BCUT2D eigenvalue weighted by Gasteiger charge is 2.21. The standard InChI is InChI=1S/C18H21F2N5O2/c1-22-10-17(26)25-15(7-11-2-4-13(19)14(20)6-11)18(27)24-9-12-3-5-16(21)23-8-12/h2-6,8,15,22H,7,9-10H2,1H3,(H2,21,23)(H,24,27)(H,25,26). The molecule has 27 heavy (non-hydrogen) atoms. The van der Waals surface area contributed by atoms with Crippen molar-refractivity contribution in [1.82, 2.24) is 20.9 Å². The van der Waals surface area contributed by atoms with Crippen molar-refractivity contribution in [3.8, 4) is 0 Å². The van der Waals surface area contributed by atoms with Crippen LogP contribution in [0.5, 0.6) is 0 Å². The summed E-state index contributed by atoms with van der Waals surface area (Å²) in [7, 11) is 1.60. The first kappa shape index (κ1) is 20.2. The lowest BCUT2D eigenvalue weighted by Gasteiger charge is -2.19. The van der Waals surface area contributed by atoms with Gasteiger partial charge in [-0.2, -0.15) is 0 Å². The van der Waals surface area contributed by atoms with Gasteiger partial charge in [0, 0.05) is 19.2 Å². The van der Waals surface area contributed by atoms with Crippen molar-refractivity contribution in [2.75, 3.05) is 19.3 Å². The van der Waals surface area contributed by atoms with Crippen LogP contribution in [0.25, 0.3) is 0 Å². The van der Waals surface area contributed by atoms with E-state index in [0.29, 0.717) is 11.4 Å². The summed E-state index contributed by atoms with van der Waals surface area (Å²) in [5.41, 5.74) is 6.62. The number of nitrogens with two attached hydrogens (primary N) is 1. The lowest BCUT2D eigenvalue weighted by Crippen LogP contribution is -2.49. The molecule has 0 radical (unpaired) electrons. The van der Waals surface area contributed by atoms with Gasteiger partial charge in [-0.05, 0) is 36.4 Å². The number of pyridine rings is 1. The summed E-state index contributed by atoms with van der Waals surface area (Å²) in [6.45, 7) is 0.200. The molecular formula is C18H21F2N5O2. The molecule has 0 aliphatic rings. The van der Waals surface area contributed by atoms with Crippen LogP contribution in [-0.2, 0) is 22.6 Å². The Morgan fingerprint density at radius 2 is 1.89 bits per heavy atom. The highest BCUT2D eigenvalue weighted by molar-refractivity contribution is 5.88. The molecule has 5 N–H and O–H groups in total. The number of hydrogen-bond acceptors (Lipinski definition) is 5. The predicted octanol–water partition coefficient (Wildman–Crippen LogP) is 0.505. The van der Waals surface area contributed by atoms with Crippen molar-refractivity contribution >= 4 is 17.6 Å². The monoisotopic (exact) mass is 377 g/mol. The van der Waals surface area contributed by atoms with Crippen molar-refractivity contribution in [1.29, 1.82) is 0 Å². The van der Waals surface area contributed by atoms with E-state index in [4.69, 9.17) is 5.73 Å². The highest BCUT2D eigenvalue weighted by atomic mass is 19.2. The van der Waals surface area contributed by atoms with Gasteiger partial charge in [0.05, 0.1) is 6.54 Å². The van der Waals surface area contributed by atoms with Crippen LogP contribution < -0.4 is 21.7 Å². The van der Waals surface area contributed by atoms with Crippen LogP contribution in [0.4, 0.5) is 14.6 Å². The number of anilines is 1. The van der Waals surface area contributed by atoms with E-state index in [1.807, 2.05) is 0 Å². The van der Waals surface area contributed by atoms with E-state index in [-0.39, 0.29) is 19.5 Å². The van der Waals surface area contributed by atoms with E-state index >= 15 is 0 Å². The zero-order chi connectivity index (χ0) is 19.8. The number of rotatable bonds is 8. The molecule has 2 rings (SSSR count). The third kappa shape index (κ3) is 6.30. The van der Waals surface area contributed by atoms with Crippen LogP contribution in [-0.4, -0.2) is 36.4 Å². The predicted molar refractivity (Wildman–Crippen MR) is 96.4 cm³/mol. The van der Waals surface area contributed by atoms with Gasteiger partial charge in [0.15, 0.2) is 11.6 Å². The van der Waals surface area contributed by atoms with E-state index in [0.717, 1.165) is 17.7 Å². The highest BCUT2D eigenvalue weighted by Crippen LogP contribution is 2.11. The number of nitrogens with zero attached hydrogens (tertiary/aromatic N) is 1. The number of benzene rings is 1. The summed E-state index contributed by atoms with van der Waals surface area (Å²) >= 11 is 0. The fraction of sp³-hybridized carbons (Fsp3) is 0.278. The molecule has 2 aromatic rings. The molecule has 144 valence electrons. The van der Waals surface area contributed by atoms with Crippen LogP contribution in [0.1, 0.15) is 11.1 Å². The molecule has 1 aromatic heterocycles. The maximum absolute atomic E-state index is 13.4. The van der Waals surface area contributed by atoms with E-state index in [2.05, 4.69) is 20.9 Å². The zero-order valence-electron chi connectivity index (χ0n) is 14.8. The third-order valence-electron chi connectivity index (χ3n) is 3.73. The minimum absolute atomic E-state index is 0.0124. The minimum Gasteiger partial charge on any atom is -0.384 e. The molecule has 1 heterocycles. The summed E-state index contributed by atoms with van der Waals surface area (Å²) in [5.74, 6) is -2.48. The smallest absolute Gasteiger partial charge is 0.243 e. The molecule has 1 atom stereocenters. The number of likely N-dealkylation sites (N-methyl/N-ethyl adjacent to an activating group) is 1. The average molecular weight is 377 g/mol. The van der Waals surface area contributed by atoms with Gasteiger partial charge in [-0.1, -0.05) is 12.1 Å². The molecule has 7 nitrogen and oxygen atoms in total. The second-order valence-corrected chi connectivity index (χ2v) is 5.91. The Labute approximate surface area is 155 Å². The number of hydrogen-bond donors (Lipinski definition) is 4. The number of amides is 2. The second kappa shape index (κ2) is 9.58. The number of halogens is 2. The number of carbonyl (C=O) groups excluding carboxylic acids is 2. The molecular weight excluding hydrogens is 356 g/mol. The van der Waals surface area contributed by atoms with Crippen molar-refractivity contribution < 1.29 is 18.4 Å². The first-order valence-electron chi connectivity index (χ1n) is 8.25. The van der Waals surface area contributed by atoms with E-state index in [1.165, 1.54) is 12.3 Å². The van der Waals surface area contributed by atoms with Crippen LogP contribution in [0.2, 0.25) is 0 Å². The lowest BCUT2D eigenvalue weighted by atomic mass is 10.0. The number of nitrogen functional groups attached to an aromatic ring is 1. The van der Waals surface area contributed by atoms with E-state index in [1.54, 1.807) is 19.2 Å². The summed E-state index contributed by atoms with van der Waals surface area (Å²) in [5, 5.41) is 7.95. The van der Waals surface area contributed by atoms with Crippen molar-refractivity contribution in [3.63, 3.8) is 0 Å². The SMILES string of the molecule is CNCC(=O)NC(Cc1ccc(F)c(F)c1)C(=O)NCc1ccc(N)nc1. The third-order valence-corrected chi connectivity index (χ3v) is 3.73. The first-order chi connectivity index (χ1) is 12.9. The maximum atomic E-state index is 13.4. The Morgan fingerprint density at radius 3 is 2.52 bits per heavy atom. The molecule has 0 fully saturated rings. The Balaban J connectivity index is 2.07. The van der Waals surface area contributed by atoms with E-state index in [9.17, 15) is 18.4 Å². The summed E-state index contributed by atoms with van der Waals surface area (Å²) in [6.07, 6.45) is 1.54. The second-order valence-electron chi connectivity index (χ2n) is 5.91. The first-order valence-corrected chi connectivity index (χ1v) is 8.25. The van der Waals surface area contributed by atoms with Gasteiger partial charge in [-0.15, -0.1) is 0 Å². The fourth-order valence-electron chi connectivity index (χ4n) is 2.37. The quantitative estimate of drug-likeness (QED) is 0.536. The molecule has 9 heteroatoms. The lowest BCUT2D eigenvalue weighted by molar-refractivity contribution is -0.128. The molecule has 1 unspecified atom stereocenters. The molecule has 1 aromatic carbocycles. The molecule has 0 saturated heterocycles. The van der Waals surface area contributed by atoms with Gasteiger partial charge < -0.3 is 21.7 Å². The average Bonchev–Trinajstić information content (AvgIpc) is 2.63. The summed E-state index contributed by atoms with van der Waals surface area (Å²) in [4.78, 5) is 28.3. The topological polar surface area (TPSA) is 109 Å². The molecule has 0 saturated carbocycles. The Hall–Kier alpha value is -3.07. The maximum Gasteiger partial charge on any atom is 0.243 e. The largest absolute Gasteiger partial charge is 0.384 e. The molecule has 2 amide bonds. The number of nitrogens with one attached hydrogen (secondary N) is 3. The minimum atomic E-state index is -1.01. The molecule has 0 bridgehead atoms. The van der Waals surface area contributed by atoms with Crippen molar-refractivity contribution in [2.24, 2.45) is 0 Å². The normalized spacial score (nSPS) is 11.7. The molecule has 0 aliphatic heterocycles. The van der Waals surface area contributed by atoms with Gasteiger partial charge in [0.25, 0.3) is 0 Å². The summed E-state index contributed by atoms with van der Waals surface area (Å²) < 4.78 is 26.5. The van der Waals surface area contributed by atoms with Crippen molar-refractivity contribution in [3.05, 3.63) is 59.3 Å². The van der Waals surface area contributed by atoms with E-state index < -0.39 is 29.5 Å². The Morgan fingerprint density at radius 1 is 1.15 bits per heavy atom. The van der Waals surface area contributed by atoms with Gasteiger partial charge in [-0.3, -0.25) is 9.59 Å². The van der Waals surface area contributed by atoms with Crippen LogP contribution in [0.3, 0.4) is 0 Å². The van der Waals surface area contributed by atoms with Gasteiger partial charge in [-0.25, -0.2) is 13.8 Å². The van der Waals surface area contributed by atoms with Crippen LogP contribution >= 0.6 is 0 Å².